The van der Waals surface area contributed by atoms with Crippen LogP contribution in [0.5, 0.6) is 0 Å². The van der Waals surface area contributed by atoms with Crippen molar-refractivity contribution in [1.82, 2.24) is 0 Å². The van der Waals surface area contributed by atoms with Gasteiger partial charge >= 0.3 is 110 Å². The zero-order valence-corrected chi connectivity index (χ0v) is 13.4. The quantitative estimate of drug-likeness (QED) is 0.475. The van der Waals surface area contributed by atoms with Crippen LogP contribution in [0.2, 0.25) is 13.3 Å². The number of allylic oxidation sites excluding steroid dienone is 3. The van der Waals surface area contributed by atoms with Gasteiger partial charge in [-0.05, 0) is 0 Å². The first-order valence-corrected chi connectivity index (χ1v) is 14.2. The molecule has 90 valence electrons. The number of rotatable bonds is 8. The second-order valence-corrected chi connectivity index (χ2v) is 17.7. The van der Waals surface area contributed by atoms with E-state index in [1.807, 2.05) is 0 Å². The van der Waals surface area contributed by atoms with Gasteiger partial charge in [-0.25, -0.2) is 0 Å². The maximum atomic E-state index is 3.94. The number of hydrogen-bond acceptors (Lipinski definition) is 0. The van der Waals surface area contributed by atoms with Crippen molar-refractivity contribution in [3.63, 3.8) is 0 Å². The van der Waals surface area contributed by atoms with Crippen molar-refractivity contribution in [1.29, 1.82) is 0 Å². The van der Waals surface area contributed by atoms with Crippen LogP contribution >= 0.6 is 0 Å². The average molecular weight is 333 g/mol. The molecule has 0 saturated carbocycles. The SMILES string of the molecule is C=C[CH2][Sn]([CH2]C=C)([CH2]C=C)[CH2]c1ccccc1. The molecule has 0 aliphatic carbocycles. The summed E-state index contributed by atoms with van der Waals surface area (Å²) in [6.45, 7) is 11.8. The third-order valence-corrected chi connectivity index (χ3v) is 16.3. The molecule has 0 saturated heterocycles. The molecule has 0 atom stereocenters. The summed E-state index contributed by atoms with van der Waals surface area (Å²) in [5.41, 5.74) is 1.47. The van der Waals surface area contributed by atoms with E-state index in [0.717, 1.165) is 0 Å². The van der Waals surface area contributed by atoms with Gasteiger partial charge in [-0.1, -0.05) is 0 Å². The van der Waals surface area contributed by atoms with Crippen molar-refractivity contribution < 1.29 is 0 Å². The average Bonchev–Trinajstić information content (AvgIpc) is 2.31. The molecule has 0 heterocycles. The van der Waals surface area contributed by atoms with E-state index in [4.69, 9.17) is 0 Å². The third-order valence-electron chi connectivity index (χ3n) is 3.15. The van der Waals surface area contributed by atoms with Gasteiger partial charge in [0.25, 0.3) is 0 Å². The topological polar surface area (TPSA) is 0 Å². The van der Waals surface area contributed by atoms with Gasteiger partial charge in [-0.15, -0.1) is 0 Å². The van der Waals surface area contributed by atoms with E-state index in [9.17, 15) is 0 Å². The van der Waals surface area contributed by atoms with Gasteiger partial charge in [0.05, 0.1) is 0 Å². The van der Waals surface area contributed by atoms with Crippen LogP contribution in [0.1, 0.15) is 5.56 Å². The van der Waals surface area contributed by atoms with Crippen LogP contribution in [0, 0.1) is 0 Å². The zero-order chi connectivity index (χ0) is 12.6. The molecule has 0 N–H and O–H groups in total. The monoisotopic (exact) mass is 334 g/mol. The Morgan fingerprint density at radius 3 is 1.71 bits per heavy atom. The molecule has 0 nitrogen and oxygen atoms in total. The van der Waals surface area contributed by atoms with E-state index in [0.29, 0.717) is 0 Å². The van der Waals surface area contributed by atoms with Crippen molar-refractivity contribution in [3.05, 3.63) is 73.9 Å². The van der Waals surface area contributed by atoms with Gasteiger partial charge in [-0.2, -0.15) is 0 Å². The van der Waals surface area contributed by atoms with Crippen molar-refractivity contribution in [3.8, 4) is 0 Å². The molecule has 0 aliphatic rings. The molecule has 1 rings (SSSR count). The summed E-state index contributed by atoms with van der Waals surface area (Å²) in [7, 11) is 0. The summed E-state index contributed by atoms with van der Waals surface area (Å²) in [5.74, 6) is 0. The predicted octanol–water partition coefficient (Wildman–Crippen LogP) is 4.78. The van der Waals surface area contributed by atoms with Crippen LogP contribution < -0.4 is 0 Å². The van der Waals surface area contributed by atoms with E-state index in [-0.39, 0.29) is 0 Å². The Hall–Kier alpha value is -0.761. The summed E-state index contributed by atoms with van der Waals surface area (Å²) >= 11 is -2.21. The van der Waals surface area contributed by atoms with Crippen LogP contribution in [0.15, 0.2) is 68.3 Å². The Bertz CT molecular complexity index is 338. The van der Waals surface area contributed by atoms with Crippen molar-refractivity contribution in [2.24, 2.45) is 0 Å². The number of hydrogen-bond donors (Lipinski definition) is 0. The van der Waals surface area contributed by atoms with Gasteiger partial charge in [-0.3, -0.25) is 0 Å². The fourth-order valence-corrected chi connectivity index (χ4v) is 13.5. The molecular weight excluding hydrogens is 311 g/mol. The molecule has 0 amide bonds. The second kappa shape index (κ2) is 7.54. The molecule has 0 aliphatic heterocycles. The van der Waals surface area contributed by atoms with Crippen LogP contribution in [0.25, 0.3) is 0 Å². The molecule has 1 aromatic rings. The molecule has 0 aromatic heterocycles. The molecule has 0 radical (unpaired) electrons. The predicted molar refractivity (Wildman–Crippen MR) is 80.9 cm³/mol. The molecule has 1 heteroatoms. The molecule has 1 aromatic carbocycles. The fourth-order valence-electron chi connectivity index (χ4n) is 2.41. The van der Waals surface area contributed by atoms with Gasteiger partial charge < -0.3 is 0 Å². The zero-order valence-electron chi connectivity index (χ0n) is 10.6. The second-order valence-electron chi connectivity index (χ2n) is 4.64. The first kappa shape index (κ1) is 14.3. The Kier molecular flexibility index (Phi) is 6.34. The first-order chi connectivity index (χ1) is 8.26. The Morgan fingerprint density at radius 1 is 0.824 bits per heavy atom. The van der Waals surface area contributed by atoms with E-state index in [1.54, 1.807) is 0 Å². The minimum absolute atomic E-state index is 1.21. The summed E-state index contributed by atoms with van der Waals surface area (Å²) in [4.78, 5) is 0. The normalized spacial score (nSPS) is 10.8. The molecule has 0 fully saturated rings. The Labute approximate surface area is 110 Å². The van der Waals surface area contributed by atoms with Crippen molar-refractivity contribution in [2.75, 3.05) is 0 Å². The summed E-state index contributed by atoms with van der Waals surface area (Å²) in [6, 6.07) is 10.8. The molecule has 0 unspecified atom stereocenters. The molecule has 0 spiro atoms. The molecule has 0 bridgehead atoms. The summed E-state index contributed by atoms with van der Waals surface area (Å²) < 4.78 is 4.89. The van der Waals surface area contributed by atoms with Crippen molar-refractivity contribution in [2.45, 2.75) is 17.7 Å². The van der Waals surface area contributed by atoms with E-state index < -0.39 is 18.4 Å². The Morgan fingerprint density at radius 2 is 1.29 bits per heavy atom. The van der Waals surface area contributed by atoms with Gasteiger partial charge in [0.15, 0.2) is 0 Å². The third kappa shape index (κ3) is 4.55. The van der Waals surface area contributed by atoms with Crippen LogP contribution in [-0.4, -0.2) is 18.4 Å². The number of benzene rings is 1. The van der Waals surface area contributed by atoms with Crippen LogP contribution in [0.3, 0.4) is 0 Å². The minimum atomic E-state index is -2.21. The van der Waals surface area contributed by atoms with Gasteiger partial charge in [0, 0.05) is 0 Å². The molecule has 17 heavy (non-hydrogen) atoms. The van der Waals surface area contributed by atoms with Gasteiger partial charge in [0.2, 0.25) is 0 Å². The van der Waals surface area contributed by atoms with Crippen LogP contribution in [-0.2, 0) is 4.44 Å². The summed E-state index contributed by atoms with van der Waals surface area (Å²) in [5, 5.41) is 0. The van der Waals surface area contributed by atoms with E-state index >= 15 is 0 Å². The van der Waals surface area contributed by atoms with E-state index in [2.05, 4.69) is 68.3 Å². The molecular formula is C16H22Sn. The standard InChI is InChI=1S/C7H7.3C3H5.Sn/c1-7-5-3-2-4-6-7;3*1-3-2;/h2-6H,1H2;3*3H,1-2H2;. The van der Waals surface area contributed by atoms with Crippen molar-refractivity contribution >= 4 is 18.4 Å². The first-order valence-electron chi connectivity index (χ1n) is 6.13. The van der Waals surface area contributed by atoms with Gasteiger partial charge in [0.1, 0.15) is 0 Å². The fraction of sp³-hybridized carbons (Fsp3) is 0.250. The summed E-state index contributed by atoms with van der Waals surface area (Å²) in [6.07, 6.45) is 6.31. The van der Waals surface area contributed by atoms with Crippen LogP contribution in [0.4, 0.5) is 0 Å². The van der Waals surface area contributed by atoms with E-state index in [1.165, 1.54) is 23.3 Å². The Balaban J connectivity index is 2.90. The maximum absolute atomic E-state index is 3.94.